The number of aliphatic hydroxyl groups is 1. The SMILES string of the molecule is CC(C)Cc1ccc(C(C)C(=O)N2CCCC2C(=O)OCCO)cc1. The molecular formula is C20H29NO4. The number of esters is 1. The molecule has 1 N–H and O–H groups in total. The summed E-state index contributed by atoms with van der Waals surface area (Å²) in [4.78, 5) is 26.6. The van der Waals surface area contributed by atoms with Crippen LogP contribution in [0, 0.1) is 5.92 Å². The van der Waals surface area contributed by atoms with Crippen LogP contribution in [0.15, 0.2) is 24.3 Å². The molecule has 2 rings (SSSR count). The molecule has 0 saturated carbocycles. The second-order valence-electron chi connectivity index (χ2n) is 7.14. The molecule has 1 saturated heterocycles. The van der Waals surface area contributed by atoms with Gasteiger partial charge >= 0.3 is 5.97 Å². The van der Waals surface area contributed by atoms with Crippen LogP contribution in [-0.2, 0) is 20.7 Å². The van der Waals surface area contributed by atoms with E-state index >= 15 is 0 Å². The number of amides is 1. The lowest BCUT2D eigenvalue weighted by molar-refractivity contribution is -0.154. The second-order valence-corrected chi connectivity index (χ2v) is 7.14. The zero-order valence-electron chi connectivity index (χ0n) is 15.4. The van der Waals surface area contributed by atoms with Crippen LogP contribution in [0.5, 0.6) is 0 Å². The van der Waals surface area contributed by atoms with Gasteiger partial charge in [-0.3, -0.25) is 4.79 Å². The van der Waals surface area contributed by atoms with Gasteiger partial charge in [0.1, 0.15) is 12.6 Å². The zero-order valence-corrected chi connectivity index (χ0v) is 15.4. The molecule has 0 aromatic heterocycles. The lowest BCUT2D eigenvalue weighted by atomic mass is 9.95. The Labute approximate surface area is 150 Å². The van der Waals surface area contributed by atoms with E-state index in [4.69, 9.17) is 9.84 Å². The van der Waals surface area contributed by atoms with Crippen molar-refractivity contribution in [3.8, 4) is 0 Å². The van der Waals surface area contributed by atoms with E-state index in [1.165, 1.54) is 5.56 Å². The maximum Gasteiger partial charge on any atom is 0.328 e. The van der Waals surface area contributed by atoms with Gasteiger partial charge in [0.15, 0.2) is 0 Å². The van der Waals surface area contributed by atoms with Crippen molar-refractivity contribution in [2.75, 3.05) is 19.8 Å². The number of carbonyl (C=O) groups excluding carboxylic acids is 2. The molecule has 5 heteroatoms. The number of benzene rings is 1. The summed E-state index contributed by atoms with van der Waals surface area (Å²) in [6.45, 7) is 6.60. The van der Waals surface area contributed by atoms with Crippen LogP contribution in [0.1, 0.15) is 50.7 Å². The van der Waals surface area contributed by atoms with Crippen molar-refractivity contribution >= 4 is 11.9 Å². The largest absolute Gasteiger partial charge is 0.462 e. The third kappa shape index (κ3) is 5.05. The minimum absolute atomic E-state index is 0.0236. The highest BCUT2D eigenvalue weighted by molar-refractivity contribution is 5.89. The molecule has 25 heavy (non-hydrogen) atoms. The first-order valence-corrected chi connectivity index (χ1v) is 9.10. The van der Waals surface area contributed by atoms with E-state index in [0.717, 1.165) is 18.4 Å². The molecule has 0 aliphatic carbocycles. The summed E-state index contributed by atoms with van der Waals surface area (Å²) < 4.78 is 5.01. The van der Waals surface area contributed by atoms with E-state index in [1.807, 2.05) is 19.1 Å². The van der Waals surface area contributed by atoms with Gasteiger partial charge in [0.05, 0.1) is 12.5 Å². The number of hydrogen-bond donors (Lipinski definition) is 1. The average molecular weight is 347 g/mol. The zero-order chi connectivity index (χ0) is 18.4. The molecule has 0 bridgehead atoms. The van der Waals surface area contributed by atoms with Crippen LogP contribution in [0.25, 0.3) is 0 Å². The molecule has 1 aromatic rings. The predicted molar refractivity (Wildman–Crippen MR) is 96.2 cm³/mol. The highest BCUT2D eigenvalue weighted by Crippen LogP contribution is 2.26. The summed E-state index contributed by atoms with van der Waals surface area (Å²) in [5, 5.41) is 8.79. The van der Waals surface area contributed by atoms with Gasteiger partial charge in [0, 0.05) is 6.54 Å². The minimum atomic E-state index is -0.526. The molecule has 5 nitrogen and oxygen atoms in total. The topological polar surface area (TPSA) is 66.8 Å². The number of likely N-dealkylation sites (tertiary alicyclic amines) is 1. The smallest absolute Gasteiger partial charge is 0.328 e. The van der Waals surface area contributed by atoms with E-state index in [1.54, 1.807) is 4.90 Å². The van der Waals surface area contributed by atoms with Crippen LogP contribution in [0.3, 0.4) is 0 Å². The number of carbonyl (C=O) groups is 2. The van der Waals surface area contributed by atoms with Crippen molar-refractivity contribution in [1.29, 1.82) is 0 Å². The molecule has 138 valence electrons. The third-order valence-corrected chi connectivity index (χ3v) is 4.64. The molecule has 1 fully saturated rings. The van der Waals surface area contributed by atoms with Gasteiger partial charge in [0.2, 0.25) is 5.91 Å². The van der Waals surface area contributed by atoms with Crippen LogP contribution in [-0.4, -0.2) is 47.7 Å². The Balaban J connectivity index is 2.04. The quantitative estimate of drug-likeness (QED) is 0.770. The Kier molecular flexibility index (Phi) is 7.00. The number of rotatable bonds is 7. The summed E-state index contributed by atoms with van der Waals surface area (Å²) in [5.74, 6) is -0.154. The molecule has 2 unspecified atom stereocenters. The van der Waals surface area contributed by atoms with E-state index in [9.17, 15) is 9.59 Å². The molecule has 2 atom stereocenters. The Morgan fingerprint density at radius 3 is 2.52 bits per heavy atom. The molecule has 1 aliphatic rings. The summed E-state index contributed by atoms with van der Waals surface area (Å²) in [6, 6.07) is 7.65. The van der Waals surface area contributed by atoms with Gasteiger partial charge < -0.3 is 14.7 Å². The monoisotopic (exact) mass is 347 g/mol. The normalized spacial score (nSPS) is 18.4. The Hall–Kier alpha value is -1.88. The van der Waals surface area contributed by atoms with Crippen LogP contribution < -0.4 is 0 Å². The number of ether oxygens (including phenoxy) is 1. The first-order chi connectivity index (χ1) is 11.9. The first-order valence-electron chi connectivity index (χ1n) is 9.10. The van der Waals surface area contributed by atoms with Crippen molar-refractivity contribution in [3.05, 3.63) is 35.4 Å². The Bertz CT molecular complexity index is 582. The number of hydrogen-bond acceptors (Lipinski definition) is 4. The summed E-state index contributed by atoms with van der Waals surface area (Å²) >= 11 is 0. The van der Waals surface area contributed by atoms with Crippen molar-refractivity contribution in [1.82, 2.24) is 4.90 Å². The van der Waals surface area contributed by atoms with E-state index < -0.39 is 12.0 Å². The van der Waals surface area contributed by atoms with Gasteiger partial charge in [0.25, 0.3) is 0 Å². The standard InChI is InChI=1S/C20H29NO4/c1-14(2)13-16-6-8-17(9-7-16)15(3)19(23)21-10-4-5-18(21)20(24)25-12-11-22/h6-9,14-15,18,22H,4-5,10-13H2,1-3H3. The number of nitrogens with zero attached hydrogens (tertiary/aromatic N) is 1. The van der Waals surface area contributed by atoms with Gasteiger partial charge in [-0.25, -0.2) is 4.79 Å². The molecular weight excluding hydrogens is 318 g/mol. The van der Waals surface area contributed by atoms with Crippen LogP contribution in [0.2, 0.25) is 0 Å². The van der Waals surface area contributed by atoms with Gasteiger partial charge in [-0.1, -0.05) is 38.1 Å². The minimum Gasteiger partial charge on any atom is -0.462 e. The lowest BCUT2D eigenvalue weighted by Crippen LogP contribution is -2.43. The summed E-state index contributed by atoms with van der Waals surface area (Å²) in [6.07, 6.45) is 2.44. The highest BCUT2D eigenvalue weighted by atomic mass is 16.5. The maximum absolute atomic E-state index is 12.9. The fourth-order valence-corrected chi connectivity index (χ4v) is 3.32. The fourth-order valence-electron chi connectivity index (χ4n) is 3.32. The summed E-state index contributed by atoms with van der Waals surface area (Å²) in [5.41, 5.74) is 2.23. The van der Waals surface area contributed by atoms with Crippen molar-refractivity contribution < 1.29 is 19.4 Å². The first kappa shape index (κ1) is 19.4. The molecule has 0 spiro atoms. The van der Waals surface area contributed by atoms with E-state index in [2.05, 4.69) is 26.0 Å². The Morgan fingerprint density at radius 1 is 1.24 bits per heavy atom. The van der Waals surface area contributed by atoms with Crippen molar-refractivity contribution in [2.24, 2.45) is 5.92 Å². The van der Waals surface area contributed by atoms with Gasteiger partial charge in [-0.05, 0) is 43.2 Å². The molecule has 1 aromatic carbocycles. The maximum atomic E-state index is 12.9. The number of aliphatic hydroxyl groups excluding tert-OH is 1. The summed E-state index contributed by atoms with van der Waals surface area (Å²) in [7, 11) is 0. The lowest BCUT2D eigenvalue weighted by Gasteiger charge is -2.26. The van der Waals surface area contributed by atoms with Crippen molar-refractivity contribution in [2.45, 2.75) is 52.0 Å². The Morgan fingerprint density at radius 2 is 1.92 bits per heavy atom. The van der Waals surface area contributed by atoms with Crippen LogP contribution >= 0.6 is 0 Å². The van der Waals surface area contributed by atoms with Crippen molar-refractivity contribution in [3.63, 3.8) is 0 Å². The average Bonchev–Trinajstić information content (AvgIpc) is 3.08. The second kappa shape index (κ2) is 8.99. The highest BCUT2D eigenvalue weighted by Gasteiger charge is 2.37. The molecule has 1 amide bonds. The predicted octanol–water partition coefficient (Wildman–Crippen LogP) is 2.52. The van der Waals surface area contributed by atoms with Gasteiger partial charge in [-0.2, -0.15) is 0 Å². The van der Waals surface area contributed by atoms with E-state index in [0.29, 0.717) is 18.9 Å². The molecule has 0 radical (unpaired) electrons. The fraction of sp³-hybridized carbons (Fsp3) is 0.600. The third-order valence-electron chi connectivity index (χ3n) is 4.64. The van der Waals surface area contributed by atoms with Gasteiger partial charge in [-0.15, -0.1) is 0 Å². The molecule has 1 aliphatic heterocycles. The van der Waals surface area contributed by atoms with E-state index in [-0.39, 0.29) is 25.0 Å². The molecule has 1 heterocycles. The van der Waals surface area contributed by atoms with Crippen LogP contribution in [0.4, 0.5) is 0 Å².